The third-order valence-corrected chi connectivity index (χ3v) is 6.32. The normalized spacial score (nSPS) is 15.3. The Hall–Kier alpha value is -4.08. The Bertz CT molecular complexity index is 1280. The van der Waals surface area contributed by atoms with Gasteiger partial charge in [-0.25, -0.2) is 4.99 Å². The lowest BCUT2D eigenvalue weighted by Gasteiger charge is -2.14. The lowest BCUT2D eigenvalue weighted by Crippen LogP contribution is -2.32. The maximum Gasteiger partial charge on any atom is 0.266 e. The molecule has 1 fully saturated rings. The van der Waals surface area contributed by atoms with E-state index in [0.29, 0.717) is 34.7 Å². The minimum atomic E-state index is -0.245. The summed E-state index contributed by atoms with van der Waals surface area (Å²) < 4.78 is 16.0. The summed E-state index contributed by atoms with van der Waals surface area (Å²) in [7, 11) is 3.21. The van der Waals surface area contributed by atoms with E-state index in [2.05, 4.69) is 10.3 Å². The van der Waals surface area contributed by atoms with Gasteiger partial charge in [-0.2, -0.15) is 0 Å². The average molecular weight is 518 g/mol. The number of methoxy groups -OCH3 is 2. The summed E-state index contributed by atoms with van der Waals surface area (Å²) >= 11 is 1.31. The van der Waals surface area contributed by atoms with Crippen molar-refractivity contribution in [2.75, 3.05) is 39.3 Å². The van der Waals surface area contributed by atoms with Crippen LogP contribution in [0.4, 0.5) is 11.4 Å². The highest BCUT2D eigenvalue weighted by Crippen LogP contribution is 2.34. The van der Waals surface area contributed by atoms with Gasteiger partial charge in [-0.3, -0.25) is 14.5 Å². The second-order valence-corrected chi connectivity index (χ2v) is 8.93. The van der Waals surface area contributed by atoms with Gasteiger partial charge in [0.1, 0.15) is 11.5 Å². The zero-order valence-electron chi connectivity index (χ0n) is 20.5. The largest absolute Gasteiger partial charge is 0.497 e. The summed E-state index contributed by atoms with van der Waals surface area (Å²) in [5, 5.41) is 3.36. The van der Waals surface area contributed by atoms with Crippen LogP contribution in [0.2, 0.25) is 0 Å². The molecular weight excluding hydrogens is 490 g/mol. The number of para-hydroxylation sites is 1. The number of nitrogens with zero attached hydrogens (tertiary/aromatic N) is 2. The Morgan fingerprint density at radius 1 is 0.973 bits per heavy atom. The molecule has 1 aliphatic rings. The maximum absolute atomic E-state index is 13.1. The van der Waals surface area contributed by atoms with Gasteiger partial charge in [0, 0.05) is 12.8 Å². The van der Waals surface area contributed by atoms with Gasteiger partial charge in [0.05, 0.1) is 30.9 Å². The fourth-order valence-electron chi connectivity index (χ4n) is 3.42. The van der Waals surface area contributed by atoms with Gasteiger partial charge < -0.3 is 19.5 Å². The molecule has 1 saturated heterocycles. The van der Waals surface area contributed by atoms with Crippen molar-refractivity contribution >= 4 is 46.2 Å². The van der Waals surface area contributed by atoms with Crippen LogP contribution in [0.25, 0.3) is 6.08 Å². The highest BCUT2D eigenvalue weighted by molar-refractivity contribution is 8.18. The fourth-order valence-corrected chi connectivity index (χ4v) is 4.44. The minimum absolute atomic E-state index is 0.108. The Balaban J connectivity index is 1.42. The molecule has 190 valence electrons. The van der Waals surface area contributed by atoms with Crippen LogP contribution in [0.1, 0.15) is 5.56 Å². The summed E-state index contributed by atoms with van der Waals surface area (Å²) in [6, 6.07) is 23.7. The van der Waals surface area contributed by atoms with Crippen LogP contribution in [-0.4, -0.2) is 55.9 Å². The first-order valence-electron chi connectivity index (χ1n) is 11.6. The zero-order chi connectivity index (χ0) is 26.0. The molecule has 0 radical (unpaired) electrons. The third kappa shape index (κ3) is 7.22. The van der Waals surface area contributed by atoms with Crippen LogP contribution >= 0.6 is 11.8 Å². The molecule has 2 amide bonds. The quantitative estimate of drug-likeness (QED) is 0.382. The lowest BCUT2D eigenvalue weighted by atomic mass is 10.2. The Morgan fingerprint density at radius 2 is 1.68 bits per heavy atom. The molecule has 0 aromatic heterocycles. The van der Waals surface area contributed by atoms with E-state index in [1.54, 1.807) is 31.3 Å². The van der Waals surface area contributed by atoms with E-state index < -0.39 is 0 Å². The molecule has 0 aliphatic carbocycles. The Kier molecular flexibility index (Phi) is 8.96. The Labute approximate surface area is 219 Å². The van der Waals surface area contributed by atoms with Crippen molar-refractivity contribution in [2.24, 2.45) is 4.99 Å². The highest BCUT2D eigenvalue weighted by Gasteiger charge is 2.33. The number of nitrogens with one attached hydrogen (secondary N) is 1. The smallest absolute Gasteiger partial charge is 0.266 e. The number of ether oxygens (including phenoxy) is 3. The van der Waals surface area contributed by atoms with Crippen molar-refractivity contribution < 1.29 is 23.8 Å². The van der Waals surface area contributed by atoms with Gasteiger partial charge >= 0.3 is 0 Å². The second kappa shape index (κ2) is 12.8. The van der Waals surface area contributed by atoms with Crippen molar-refractivity contribution in [3.8, 4) is 11.5 Å². The highest BCUT2D eigenvalue weighted by atomic mass is 32.2. The van der Waals surface area contributed by atoms with Crippen molar-refractivity contribution in [1.82, 2.24) is 4.90 Å². The van der Waals surface area contributed by atoms with E-state index in [-0.39, 0.29) is 18.4 Å². The van der Waals surface area contributed by atoms with Crippen LogP contribution in [0.5, 0.6) is 11.5 Å². The topological polar surface area (TPSA) is 89.5 Å². The van der Waals surface area contributed by atoms with Crippen LogP contribution in [0.3, 0.4) is 0 Å². The molecule has 0 spiro atoms. The molecule has 1 heterocycles. The summed E-state index contributed by atoms with van der Waals surface area (Å²) in [5.41, 5.74) is 2.26. The molecule has 4 rings (SSSR count). The number of amidine groups is 1. The van der Waals surface area contributed by atoms with Gasteiger partial charge in [-0.15, -0.1) is 0 Å². The van der Waals surface area contributed by atoms with Crippen molar-refractivity contribution in [3.63, 3.8) is 0 Å². The maximum atomic E-state index is 13.1. The van der Waals surface area contributed by atoms with E-state index in [0.717, 1.165) is 17.0 Å². The molecule has 9 heteroatoms. The standard InChI is InChI=1S/C28H27N3O5S/c1-34-17-16-31-27(33)25(37-28(31)30-22-10-14-23(35-2)15-11-22)18-20-8-12-24(13-9-20)36-19-26(32)29-21-6-4-3-5-7-21/h3-15,18H,16-17,19H2,1-2H3,(H,29,32)/b25-18-,30-28?. The summed E-state index contributed by atoms with van der Waals surface area (Å²) in [6.07, 6.45) is 1.81. The predicted molar refractivity (Wildman–Crippen MR) is 146 cm³/mol. The summed E-state index contributed by atoms with van der Waals surface area (Å²) in [4.78, 5) is 32.1. The van der Waals surface area contributed by atoms with E-state index in [1.165, 1.54) is 11.8 Å². The van der Waals surface area contributed by atoms with Crippen LogP contribution < -0.4 is 14.8 Å². The molecule has 0 unspecified atom stereocenters. The molecule has 37 heavy (non-hydrogen) atoms. The number of hydrogen-bond donors (Lipinski definition) is 1. The number of rotatable bonds is 10. The molecule has 3 aromatic rings. The monoisotopic (exact) mass is 517 g/mol. The molecule has 1 aliphatic heterocycles. The van der Waals surface area contributed by atoms with E-state index in [1.807, 2.05) is 72.8 Å². The second-order valence-electron chi connectivity index (χ2n) is 7.92. The summed E-state index contributed by atoms with van der Waals surface area (Å²) in [5.74, 6) is 0.914. The summed E-state index contributed by atoms with van der Waals surface area (Å²) in [6.45, 7) is 0.681. The van der Waals surface area contributed by atoms with Crippen molar-refractivity contribution in [3.05, 3.63) is 89.3 Å². The van der Waals surface area contributed by atoms with E-state index in [4.69, 9.17) is 14.2 Å². The molecule has 0 bridgehead atoms. The molecule has 3 aromatic carbocycles. The van der Waals surface area contributed by atoms with Crippen LogP contribution in [-0.2, 0) is 14.3 Å². The Morgan fingerprint density at radius 3 is 2.35 bits per heavy atom. The van der Waals surface area contributed by atoms with Crippen molar-refractivity contribution in [2.45, 2.75) is 0 Å². The predicted octanol–water partition coefficient (Wildman–Crippen LogP) is 4.96. The first-order chi connectivity index (χ1) is 18.1. The van der Waals surface area contributed by atoms with Crippen LogP contribution in [0.15, 0.2) is 88.8 Å². The lowest BCUT2D eigenvalue weighted by molar-refractivity contribution is -0.122. The SMILES string of the molecule is COCCN1C(=O)/C(=C/c2ccc(OCC(=O)Nc3ccccc3)cc2)SC1=Nc1ccc(OC)cc1. The molecular formula is C28H27N3O5S. The molecule has 0 atom stereocenters. The first kappa shape index (κ1) is 26.0. The van der Waals surface area contributed by atoms with Gasteiger partial charge in [0.25, 0.3) is 11.8 Å². The number of thioether (sulfide) groups is 1. The number of hydrogen-bond acceptors (Lipinski definition) is 7. The fraction of sp³-hybridized carbons (Fsp3) is 0.179. The minimum Gasteiger partial charge on any atom is -0.497 e. The number of carbonyl (C=O) groups is 2. The van der Waals surface area contributed by atoms with Gasteiger partial charge in [0.15, 0.2) is 11.8 Å². The number of benzene rings is 3. The number of anilines is 1. The van der Waals surface area contributed by atoms with Crippen molar-refractivity contribution in [1.29, 1.82) is 0 Å². The van der Waals surface area contributed by atoms with Gasteiger partial charge in [0.2, 0.25) is 0 Å². The van der Waals surface area contributed by atoms with Gasteiger partial charge in [-0.05, 0) is 71.9 Å². The third-order valence-electron chi connectivity index (χ3n) is 5.31. The zero-order valence-corrected chi connectivity index (χ0v) is 21.4. The molecule has 0 saturated carbocycles. The average Bonchev–Trinajstić information content (AvgIpc) is 3.21. The van der Waals surface area contributed by atoms with E-state index in [9.17, 15) is 9.59 Å². The molecule has 8 nitrogen and oxygen atoms in total. The number of aliphatic imine (C=N–C) groups is 1. The van der Waals surface area contributed by atoms with E-state index >= 15 is 0 Å². The first-order valence-corrected chi connectivity index (χ1v) is 12.4. The van der Waals surface area contributed by atoms with Gasteiger partial charge in [-0.1, -0.05) is 30.3 Å². The number of carbonyl (C=O) groups excluding carboxylic acids is 2. The van der Waals surface area contributed by atoms with Crippen LogP contribution in [0, 0.1) is 0 Å². The molecule has 1 N–H and O–H groups in total. The number of amides is 2.